The van der Waals surface area contributed by atoms with Crippen molar-refractivity contribution in [2.75, 3.05) is 0 Å². The summed E-state index contributed by atoms with van der Waals surface area (Å²) in [6, 6.07) is 18.2. The number of nitrogens with one attached hydrogen (secondary N) is 1. The molecule has 4 N–H and O–H groups in total. The van der Waals surface area contributed by atoms with Gasteiger partial charge in [0.05, 0.1) is 28.6 Å². The molecule has 4 rings (SSSR count). The van der Waals surface area contributed by atoms with Gasteiger partial charge < -0.3 is 15.3 Å². The Morgan fingerprint density at radius 1 is 0.857 bits per heavy atom. The van der Waals surface area contributed by atoms with Gasteiger partial charge in [0.15, 0.2) is 0 Å². The van der Waals surface area contributed by atoms with Gasteiger partial charge in [0.1, 0.15) is 11.4 Å². The van der Waals surface area contributed by atoms with E-state index in [1.54, 1.807) is 42.6 Å². The molecular weight excluding hydrogens is 452 g/mol. The van der Waals surface area contributed by atoms with Gasteiger partial charge in [0.25, 0.3) is 5.91 Å². The maximum absolute atomic E-state index is 12.3. The first-order valence-electron chi connectivity index (χ1n) is 10.2. The Morgan fingerprint density at radius 2 is 1.46 bits per heavy atom. The van der Waals surface area contributed by atoms with E-state index < -0.39 is 17.8 Å². The number of phenolic OH excluding ortho intramolecular Hbond substituents is 1. The molecule has 10 nitrogen and oxygen atoms in total. The molecule has 0 aliphatic carbocycles. The third-order valence-corrected chi connectivity index (χ3v) is 5.05. The van der Waals surface area contributed by atoms with Crippen LogP contribution in [-0.2, 0) is 0 Å². The number of hydrogen-bond acceptors (Lipinski definition) is 6. The fourth-order valence-corrected chi connectivity index (χ4v) is 3.25. The van der Waals surface area contributed by atoms with E-state index in [2.05, 4.69) is 15.6 Å². The van der Waals surface area contributed by atoms with E-state index in [1.165, 1.54) is 47.3 Å². The highest BCUT2D eigenvalue weighted by Gasteiger charge is 2.14. The zero-order valence-corrected chi connectivity index (χ0v) is 18.0. The average Bonchev–Trinajstić information content (AvgIpc) is 3.28. The van der Waals surface area contributed by atoms with Crippen molar-refractivity contribution >= 4 is 24.1 Å². The second kappa shape index (κ2) is 9.71. The van der Waals surface area contributed by atoms with E-state index in [4.69, 9.17) is 10.2 Å². The number of amides is 1. The van der Waals surface area contributed by atoms with Crippen molar-refractivity contribution in [1.82, 2.24) is 15.2 Å². The summed E-state index contributed by atoms with van der Waals surface area (Å²) in [5.41, 5.74) is 4.77. The number of aromatic hydroxyl groups is 1. The number of para-hydroxylation sites is 1. The first-order chi connectivity index (χ1) is 16.8. The molecule has 0 saturated heterocycles. The van der Waals surface area contributed by atoms with Gasteiger partial charge in [-0.05, 0) is 48.5 Å². The number of aromatic carboxylic acids is 2. The van der Waals surface area contributed by atoms with Crippen molar-refractivity contribution in [3.8, 4) is 22.7 Å². The van der Waals surface area contributed by atoms with E-state index in [1.807, 2.05) is 0 Å². The molecule has 0 unspecified atom stereocenters. The largest absolute Gasteiger partial charge is 0.507 e. The molecule has 0 aliphatic heterocycles. The van der Waals surface area contributed by atoms with Crippen molar-refractivity contribution in [2.45, 2.75) is 0 Å². The Bertz CT molecular complexity index is 1440. The fraction of sp³-hybridized carbons (Fsp3) is 0. The average molecular weight is 470 g/mol. The third-order valence-electron chi connectivity index (χ3n) is 5.05. The number of rotatable bonds is 7. The predicted octanol–water partition coefficient (Wildman–Crippen LogP) is 3.41. The number of carboxylic acids is 2. The number of aromatic nitrogens is 2. The molecule has 4 aromatic rings. The minimum Gasteiger partial charge on any atom is -0.507 e. The van der Waals surface area contributed by atoms with Gasteiger partial charge in [0.2, 0.25) is 0 Å². The van der Waals surface area contributed by atoms with Crippen molar-refractivity contribution < 1.29 is 29.7 Å². The van der Waals surface area contributed by atoms with Crippen molar-refractivity contribution in [3.05, 3.63) is 101 Å². The van der Waals surface area contributed by atoms with Gasteiger partial charge in [-0.25, -0.2) is 19.7 Å². The van der Waals surface area contributed by atoms with Crippen molar-refractivity contribution in [3.63, 3.8) is 0 Å². The maximum atomic E-state index is 12.3. The number of carbonyl (C=O) groups excluding carboxylic acids is 1. The summed E-state index contributed by atoms with van der Waals surface area (Å²) in [7, 11) is 0. The molecule has 1 aromatic heterocycles. The van der Waals surface area contributed by atoms with Crippen LogP contribution in [-0.4, -0.2) is 49.2 Å². The van der Waals surface area contributed by atoms with Crippen molar-refractivity contribution in [2.24, 2.45) is 5.10 Å². The first kappa shape index (κ1) is 22.9. The molecule has 1 heterocycles. The SMILES string of the molecule is O=C(O)c1ccc(-c2nn(-c3ccc(C(=O)O)cc3)cc2/C=N/NC(=O)c2ccccc2O)cc1. The zero-order valence-electron chi connectivity index (χ0n) is 18.0. The van der Waals surface area contributed by atoms with E-state index in [9.17, 15) is 19.5 Å². The first-order valence-corrected chi connectivity index (χ1v) is 10.2. The predicted molar refractivity (Wildman–Crippen MR) is 126 cm³/mol. The van der Waals surface area contributed by atoms with Crippen LogP contribution < -0.4 is 5.43 Å². The lowest BCUT2D eigenvalue weighted by atomic mass is 10.1. The normalized spacial score (nSPS) is 10.9. The number of carbonyl (C=O) groups is 3. The summed E-state index contributed by atoms with van der Waals surface area (Å²) in [6.07, 6.45) is 3.00. The summed E-state index contributed by atoms with van der Waals surface area (Å²) in [6.45, 7) is 0. The van der Waals surface area contributed by atoms with Crippen LogP contribution in [0.1, 0.15) is 36.6 Å². The van der Waals surface area contributed by atoms with Gasteiger partial charge in [0, 0.05) is 17.3 Å². The highest BCUT2D eigenvalue weighted by molar-refractivity contribution is 5.98. The molecule has 0 atom stereocenters. The van der Waals surface area contributed by atoms with Crippen LogP contribution in [0.25, 0.3) is 16.9 Å². The van der Waals surface area contributed by atoms with Gasteiger partial charge in [-0.2, -0.15) is 10.2 Å². The fourth-order valence-electron chi connectivity index (χ4n) is 3.25. The minimum atomic E-state index is -1.06. The van der Waals surface area contributed by atoms with E-state index in [0.29, 0.717) is 22.5 Å². The number of benzene rings is 3. The maximum Gasteiger partial charge on any atom is 0.335 e. The topological polar surface area (TPSA) is 154 Å². The molecule has 10 heteroatoms. The number of hydrogen-bond donors (Lipinski definition) is 4. The molecule has 0 fully saturated rings. The Labute approximate surface area is 198 Å². The molecule has 3 aromatic carbocycles. The lowest BCUT2D eigenvalue weighted by Crippen LogP contribution is -2.17. The Balaban J connectivity index is 1.67. The summed E-state index contributed by atoms with van der Waals surface area (Å²) < 4.78 is 1.51. The summed E-state index contributed by atoms with van der Waals surface area (Å²) in [4.78, 5) is 34.6. The van der Waals surface area contributed by atoms with Crippen LogP contribution in [0.5, 0.6) is 5.75 Å². The monoisotopic (exact) mass is 470 g/mol. The molecule has 0 radical (unpaired) electrons. The summed E-state index contributed by atoms with van der Waals surface area (Å²) in [5.74, 6) is -2.90. The molecule has 0 spiro atoms. The Morgan fingerprint density at radius 3 is 2.06 bits per heavy atom. The highest BCUT2D eigenvalue weighted by atomic mass is 16.4. The number of carboxylic acid groups (broad SMARTS) is 2. The Kier molecular flexibility index (Phi) is 6.36. The second-order valence-corrected chi connectivity index (χ2v) is 7.33. The second-order valence-electron chi connectivity index (χ2n) is 7.33. The van der Waals surface area contributed by atoms with Gasteiger partial charge in [-0.15, -0.1) is 0 Å². The number of nitrogens with zero attached hydrogens (tertiary/aromatic N) is 3. The minimum absolute atomic E-state index is 0.0587. The van der Waals surface area contributed by atoms with Crippen LogP contribution in [0.2, 0.25) is 0 Å². The smallest absolute Gasteiger partial charge is 0.335 e. The standard InChI is InChI=1S/C25H18N4O6/c30-21-4-2-1-3-20(21)23(31)27-26-13-18-14-29(19-11-9-17(10-12-19)25(34)35)28-22(18)15-5-7-16(8-6-15)24(32)33/h1-14,30H,(H,27,31)(H,32,33)(H,34,35)/b26-13+. The highest BCUT2D eigenvalue weighted by Crippen LogP contribution is 2.24. The van der Waals surface area contributed by atoms with Gasteiger partial charge >= 0.3 is 11.9 Å². The van der Waals surface area contributed by atoms with Gasteiger partial charge in [-0.1, -0.05) is 24.3 Å². The van der Waals surface area contributed by atoms with Gasteiger partial charge in [-0.3, -0.25) is 4.79 Å². The Hall–Kier alpha value is -5.25. The van der Waals surface area contributed by atoms with E-state index >= 15 is 0 Å². The van der Waals surface area contributed by atoms with Crippen LogP contribution in [0.4, 0.5) is 0 Å². The third kappa shape index (κ3) is 5.06. The summed E-state index contributed by atoms with van der Waals surface area (Å²) in [5, 5.41) is 36.6. The quantitative estimate of drug-likeness (QED) is 0.238. The van der Waals surface area contributed by atoms with Crippen LogP contribution in [0.3, 0.4) is 0 Å². The van der Waals surface area contributed by atoms with Crippen LogP contribution >= 0.6 is 0 Å². The number of phenols is 1. The molecule has 174 valence electrons. The van der Waals surface area contributed by atoms with E-state index in [0.717, 1.165) is 0 Å². The molecule has 0 saturated carbocycles. The van der Waals surface area contributed by atoms with Crippen LogP contribution in [0, 0.1) is 0 Å². The number of hydrazone groups is 1. The lowest BCUT2D eigenvalue weighted by molar-refractivity contribution is 0.0686. The zero-order chi connectivity index (χ0) is 24.9. The molecule has 1 amide bonds. The molecule has 0 aliphatic rings. The van der Waals surface area contributed by atoms with E-state index in [-0.39, 0.29) is 22.4 Å². The van der Waals surface area contributed by atoms with Crippen LogP contribution in [0.15, 0.2) is 84.1 Å². The molecule has 0 bridgehead atoms. The summed E-state index contributed by atoms with van der Waals surface area (Å²) >= 11 is 0. The molecular formula is C25H18N4O6. The lowest BCUT2D eigenvalue weighted by Gasteiger charge is -2.03. The molecule has 35 heavy (non-hydrogen) atoms. The van der Waals surface area contributed by atoms with Crippen molar-refractivity contribution in [1.29, 1.82) is 0 Å².